The van der Waals surface area contributed by atoms with Crippen molar-refractivity contribution in [3.63, 3.8) is 0 Å². The minimum absolute atomic E-state index is 0.00735. The number of benzene rings is 1. The number of halogens is 3. The molecule has 1 aromatic heterocycles. The number of allylic oxidation sites excluding steroid dienone is 1. The maximum absolute atomic E-state index is 12.7. The van der Waals surface area contributed by atoms with Gasteiger partial charge in [0.05, 0.1) is 23.4 Å². The molecule has 0 spiro atoms. The molecule has 35 heavy (non-hydrogen) atoms. The first-order chi connectivity index (χ1) is 16.8. The number of ether oxygens (including phenoxy) is 2. The van der Waals surface area contributed by atoms with Crippen LogP contribution < -0.4 is 4.74 Å². The summed E-state index contributed by atoms with van der Waals surface area (Å²) < 4.78 is 49.5. The summed E-state index contributed by atoms with van der Waals surface area (Å²) in [6, 6.07) is 8.64. The highest BCUT2D eigenvalue weighted by Crippen LogP contribution is 2.53. The molecule has 2 heterocycles. The Morgan fingerprint density at radius 1 is 1.11 bits per heavy atom. The molecule has 2 saturated carbocycles. The monoisotopic (exact) mass is 485 g/mol. The predicted octanol–water partition coefficient (Wildman–Crippen LogP) is 6.70. The van der Waals surface area contributed by atoms with Crippen molar-refractivity contribution in [1.82, 2.24) is 4.98 Å². The second kappa shape index (κ2) is 9.67. The number of carbonyl (C=O) groups excluding carboxylic acids is 1. The van der Waals surface area contributed by atoms with Crippen molar-refractivity contribution in [1.29, 1.82) is 0 Å². The van der Waals surface area contributed by atoms with Crippen molar-refractivity contribution in [2.75, 3.05) is 0 Å². The standard InChI is InChI=1S/C28H30F3NO3/c1-17-26-24(23-5-3-2-4-19(23)14-25(26)27(33)35-17)13-11-21-10-12-22(15-32-21)34-16-18-6-8-20(9-7-18)28(29,30)31/h6-13,15,17,19,23-26H,2-5,14,16H2,1H3/b13-11+/t17-,19?,23?,24?,25?,26?/m0/s1. The Morgan fingerprint density at radius 3 is 2.60 bits per heavy atom. The second-order valence-corrected chi connectivity index (χ2v) is 10.1. The number of carbonyl (C=O) groups is 1. The highest BCUT2D eigenvalue weighted by molar-refractivity contribution is 5.75. The molecule has 7 heteroatoms. The fourth-order valence-electron chi connectivity index (χ4n) is 6.33. The SMILES string of the molecule is C[C@@H]1OC(=O)C2CC3CCCCC3C(/C=C/c3ccc(OCc4ccc(C(F)(F)F)cc4)cn3)C21. The lowest BCUT2D eigenvalue weighted by atomic mass is 9.57. The number of aromatic nitrogens is 1. The van der Waals surface area contributed by atoms with E-state index in [1.54, 1.807) is 6.20 Å². The minimum atomic E-state index is -4.35. The van der Waals surface area contributed by atoms with Crippen molar-refractivity contribution in [3.05, 3.63) is 65.5 Å². The Bertz CT molecular complexity index is 1060. The zero-order chi connectivity index (χ0) is 24.6. The molecule has 0 amide bonds. The summed E-state index contributed by atoms with van der Waals surface area (Å²) in [6.07, 6.45) is 7.35. The van der Waals surface area contributed by atoms with Crippen molar-refractivity contribution in [2.24, 2.45) is 29.6 Å². The lowest BCUT2D eigenvalue weighted by Crippen LogP contribution is -2.42. The quantitative estimate of drug-likeness (QED) is 0.443. The van der Waals surface area contributed by atoms with Crippen LogP contribution in [0.4, 0.5) is 13.2 Å². The van der Waals surface area contributed by atoms with Gasteiger partial charge in [0.15, 0.2) is 0 Å². The number of pyridine rings is 1. The van der Waals surface area contributed by atoms with Crippen LogP contribution in [0.25, 0.3) is 6.08 Å². The van der Waals surface area contributed by atoms with Gasteiger partial charge in [-0.25, -0.2) is 0 Å². The lowest BCUT2D eigenvalue weighted by Gasteiger charge is -2.45. The number of alkyl halides is 3. The van der Waals surface area contributed by atoms with Crippen molar-refractivity contribution in [3.8, 4) is 5.75 Å². The van der Waals surface area contributed by atoms with E-state index in [0.29, 0.717) is 29.1 Å². The number of cyclic esters (lactones) is 1. The number of rotatable bonds is 5. The first-order valence-electron chi connectivity index (χ1n) is 12.4. The molecule has 2 aliphatic carbocycles. The highest BCUT2D eigenvalue weighted by atomic mass is 19.4. The van der Waals surface area contributed by atoms with Crippen LogP contribution in [0.5, 0.6) is 5.75 Å². The molecule has 5 unspecified atom stereocenters. The van der Waals surface area contributed by atoms with Gasteiger partial charge in [-0.3, -0.25) is 9.78 Å². The molecule has 1 saturated heterocycles. The van der Waals surface area contributed by atoms with Crippen molar-refractivity contribution in [2.45, 2.75) is 57.9 Å². The summed E-state index contributed by atoms with van der Waals surface area (Å²) in [5.41, 5.74) is 0.781. The van der Waals surface area contributed by atoms with Gasteiger partial charge in [0.25, 0.3) is 0 Å². The third kappa shape index (κ3) is 5.09. The van der Waals surface area contributed by atoms with E-state index in [4.69, 9.17) is 9.47 Å². The van der Waals surface area contributed by atoms with E-state index in [2.05, 4.69) is 11.1 Å². The summed E-state index contributed by atoms with van der Waals surface area (Å²) in [5.74, 6) is 2.24. The van der Waals surface area contributed by atoms with Gasteiger partial charge in [-0.1, -0.05) is 37.5 Å². The molecule has 0 bridgehead atoms. The van der Waals surface area contributed by atoms with Crippen LogP contribution in [0.1, 0.15) is 55.8 Å². The third-order valence-electron chi connectivity index (χ3n) is 8.01. The Hall–Kier alpha value is -2.83. The number of hydrogen-bond donors (Lipinski definition) is 0. The number of esters is 1. The first-order valence-corrected chi connectivity index (χ1v) is 12.4. The van der Waals surface area contributed by atoms with E-state index in [9.17, 15) is 18.0 Å². The van der Waals surface area contributed by atoms with Crippen LogP contribution in [0.3, 0.4) is 0 Å². The fraction of sp³-hybridized carbons (Fsp3) is 0.500. The van der Waals surface area contributed by atoms with E-state index < -0.39 is 11.7 Å². The van der Waals surface area contributed by atoms with Crippen molar-refractivity contribution >= 4 is 12.0 Å². The molecule has 3 aliphatic rings. The van der Waals surface area contributed by atoms with Gasteiger partial charge in [0.2, 0.25) is 0 Å². The van der Waals surface area contributed by atoms with E-state index in [1.807, 2.05) is 25.1 Å². The smallest absolute Gasteiger partial charge is 0.416 e. The topological polar surface area (TPSA) is 48.4 Å². The first kappa shape index (κ1) is 23.9. The average molecular weight is 486 g/mol. The van der Waals surface area contributed by atoms with Crippen LogP contribution in [-0.4, -0.2) is 17.1 Å². The van der Waals surface area contributed by atoms with Gasteiger partial charge in [0, 0.05) is 5.92 Å². The van der Waals surface area contributed by atoms with Crippen LogP contribution in [-0.2, 0) is 22.3 Å². The zero-order valence-corrected chi connectivity index (χ0v) is 19.7. The summed E-state index contributed by atoms with van der Waals surface area (Å²) in [5, 5.41) is 0. The van der Waals surface area contributed by atoms with Gasteiger partial charge in [0.1, 0.15) is 18.5 Å². The molecule has 0 N–H and O–H groups in total. The maximum atomic E-state index is 12.7. The molecule has 1 aromatic carbocycles. The molecular weight excluding hydrogens is 455 g/mol. The van der Waals surface area contributed by atoms with E-state index in [-0.39, 0.29) is 30.5 Å². The third-order valence-corrected chi connectivity index (χ3v) is 8.01. The summed E-state index contributed by atoms with van der Waals surface area (Å²) >= 11 is 0. The Balaban J connectivity index is 1.24. The summed E-state index contributed by atoms with van der Waals surface area (Å²) in [7, 11) is 0. The van der Waals surface area contributed by atoms with Gasteiger partial charge in [-0.15, -0.1) is 0 Å². The number of nitrogens with zero attached hydrogens (tertiary/aromatic N) is 1. The Labute approximate surface area is 203 Å². The molecular formula is C28H30F3NO3. The van der Waals surface area contributed by atoms with Gasteiger partial charge >= 0.3 is 12.1 Å². The molecule has 186 valence electrons. The van der Waals surface area contributed by atoms with Crippen LogP contribution >= 0.6 is 0 Å². The molecule has 5 rings (SSSR count). The second-order valence-electron chi connectivity index (χ2n) is 10.1. The van der Waals surface area contributed by atoms with E-state index >= 15 is 0 Å². The molecule has 1 aliphatic heterocycles. The molecule has 3 fully saturated rings. The van der Waals surface area contributed by atoms with Crippen LogP contribution in [0, 0.1) is 29.6 Å². The lowest BCUT2D eigenvalue weighted by molar-refractivity contribution is -0.144. The number of hydrogen-bond acceptors (Lipinski definition) is 4. The molecule has 4 nitrogen and oxygen atoms in total. The summed E-state index contributed by atoms with van der Waals surface area (Å²) in [4.78, 5) is 16.9. The zero-order valence-electron chi connectivity index (χ0n) is 19.7. The molecule has 2 aromatic rings. The van der Waals surface area contributed by atoms with Gasteiger partial charge in [-0.05, 0) is 73.4 Å². The average Bonchev–Trinajstić information content (AvgIpc) is 3.13. The highest BCUT2D eigenvalue weighted by Gasteiger charge is 2.53. The van der Waals surface area contributed by atoms with Gasteiger partial charge in [-0.2, -0.15) is 13.2 Å². The van der Waals surface area contributed by atoms with E-state index in [0.717, 1.165) is 24.2 Å². The largest absolute Gasteiger partial charge is 0.487 e. The van der Waals surface area contributed by atoms with Crippen LogP contribution in [0.2, 0.25) is 0 Å². The summed E-state index contributed by atoms with van der Waals surface area (Å²) in [6.45, 7) is 2.18. The Kier molecular flexibility index (Phi) is 6.60. The maximum Gasteiger partial charge on any atom is 0.416 e. The fourth-order valence-corrected chi connectivity index (χ4v) is 6.33. The molecule has 0 radical (unpaired) electrons. The van der Waals surface area contributed by atoms with Crippen LogP contribution in [0.15, 0.2) is 48.7 Å². The predicted molar refractivity (Wildman–Crippen MR) is 125 cm³/mol. The van der Waals surface area contributed by atoms with Gasteiger partial charge < -0.3 is 9.47 Å². The van der Waals surface area contributed by atoms with E-state index in [1.165, 1.54) is 37.8 Å². The Morgan fingerprint density at radius 2 is 1.89 bits per heavy atom. The normalized spacial score (nSPS) is 30.6. The van der Waals surface area contributed by atoms with Crippen molar-refractivity contribution < 1.29 is 27.4 Å². The number of fused-ring (bicyclic) bond motifs is 2. The minimum Gasteiger partial charge on any atom is -0.487 e. The molecule has 6 atom stereocenters.